The molecule has 0 saturated carbocycles. The standard InChI is InChI=1S/C10H17F2N3O/c1-2-16-7-3-5-15-6-4-13-10(15)14-8-9(11)12/h4,6,9H,2-3,5,7-8H2,1H3,(H,13,14). The molecule has 0 unspecified atom stereocenters. The maximum atomic E-state index is 12.0. The fourth-order valence-corrected chi connectivity index (χ4v) is 1.31. The lowest BCUT2D eigenvalue weighted by Crippen LogP contribution is -2.14. The molecule has 0 bridgehead atoms. The van der Waals surface area contributed by atoms with Crippen molar-refractivity contribution >= 4 is 5.95 Å². The van der Waals surface area contributed by atoms with E-state index in [0.717, 1.165) is 6.42 Å². The van der Waals surface area contributed by atoms with Gasteiger partial charge in [-0.05, 0) is 13.3 Å². The second-order valence-electron chi connectivity index (χ2n) is 3.27. The summed E-state index contributed by atoms with van der Waals surface area (Å²) in [6.45, 7) is 3.64. The minimum atomic E-state index is -2.37. The summed E-state index contributed by atoms with van der Waals surface area (Å²) in [5.41, 5.74) is 0. The molecule has 0 aromatic carbocycles. The predicted octanol–water partition coefficient (Wildman–Crippen LogP) is 1.99. The van der Waals surface area contributed by atoms with Gasteiger partial charge >= 0.3 is 0 Å². The Bertz CT molecular complexity index is 291. The smallest absolute Gasteiger partial charge is 0.255 e. The van der Waals surface area contributed by atoms with Crippen LogP contribution in [0.25, 0.3) is 0 Å². The molecular weight excluding hydrogens is 216 g/mol. The third-order valence-corrected chi connectivity index (χ3v) is 2.02. The van der Waals surface area contributed by atoms with Gasteiger partial charge in [0.1, 0.15) is 0 Å². The Balaban J connectivity index is 2.32. The van der Waals surface area contributed by atoms with Crippen molar-refractivity contribution in [1.29, 1.82) is 0 Å². The van der Waals surface area contributed by atoms with Crippen LogP contribution < -0.4 is 5.32 Å². The fourth-order valence-electron chi connectivity index (χ4n) is 1.31. The minimum Gasteiger partial charge on any atom is -0.382 e. The normalized spacial score (nSPS) is 11.0. The fraction of sp³-hybridized carbons (Fsp3) is 0.700. The van der Waals surface area contributed by atoms with E-state index < -0.39 is 6.43 Å². The molecule has 6 heteroatoms. The van der Waals surface area contributed by atoms with E-state index in [1.165, 1.54) is 0 Å². The van der Waals surface area contributed by atoms with Crippen LogP contribution in [0.5, 0.6) is 0 Å². The second-order valence-corrected chi connectivity index (χ2v) is 3.27. The molecule has 1 aromatic rings. The third-order valence-electron chi connectivity index (χ3n) is 2.02. The van der Waals surface area contributed by atoms with Crippen LogP contribution in [-0.4, -0.2) is 35.7 Å². The van der Waals surface area contributed by atoms with E-state index in [9.17, 15) is 8.78 Å². The lowest BCUT2D eigenvalue weighted by Gasteiger charge is -2.09. The molecule has 1 heterocycles. The number of alkyl halides is 2. The van der Waals surface area contributed by atoms with Crippen LogP contribution in [-0.2, 0) is 11.3 Å². The molecule has 0 spiro atoms. The number of aryl methyl sites for hydroxylation is 1. The van der Waals surface area contributed by atoms with Gasteiger partial charge in [-0.1, -0.05) is 0 Å². The number of nitrogens with one attached hydrogen (secondary N) is 1. The first-order valence-electron chi connectivity index (χ1n) is 5.35. The molecule has 4 nitrogen and oxygen atoms in total. The molecule has 0 amide bonds. The summed E-state index contributed by atoms with van der Waals surface area (Å²) in [7, 11) is 0. The average molecular weight is 233 g/mol. The summed E-state index contributed by atoms with van der Waals surface area (Å²) in [6.07, 6.45) is 1.83. The van der Waals surface area contributed by atoms with Crippen molar-refractivity contribution in [2.24, 2.45) is 0 Å². The van der Waals surface area contributed by atoms with Gasteiger partial charge in [-0.25, -0.2) is 13.8 Å². The van der Waals surface area contributed by atoms with Gasteiger partial charge in [-0.3, -0.25) is 0 Å². The number of aromatic nitrogens is 2. The molecule has 92 valence electrons. The van der Waals surface area contributed by atoms with Gasteiger partial charge in [-0.2, -0.15) is 0 Å². The zero-order valence-corrected chi connectivity index (χ0v) is 9.33. The number of anilines is 1. The number of halogens is 2. The predicted molar refractivity (Wildman–Crippen MR) is 57.8 cm³/mol. The van der Waals surface area contributed by atoms with Crippen molar-refractivity contribution < 1.29 is 13.5 Å². The second kappa shape index (κ2) is 7.16. The van der Waals surface area contributed by atoms with Crippen LogP contribution >= 0.6 is 0 Å². The number of rotatable bonds is 8. The van der Waals surface area contributed by atoms with Gasteiger partial charge in [-0.15, -0.1) is 0 Å². The lowest BCUT2D eigenvalue weighted by molar-refractivity contribution is 0.141. The Labute approximate surface area is 93.6 Å². The molecule has 0 saturated heterocycles. The molecule has 0 aliphatic rings. The van der Waals surface area contributed by atoms with Crippen molar-refractivity contribution in [3.8, 4) is 0 Å². The first-order chi connectivity index (χ1) is 7.74. The highest BCUT2D eigenvalue weighted by Crippen LogP contribution is 2.06. The monoisotopic (exact) mass is 233 g/mol. The van der Waals surface area contributed by atoms with Gasteiger partial charge in [0.25, 0.3) is 6.43 Å². The third kappa shape index (κ3) is 4.57. The van der Waals surface area contributed by atoms with Crippen LogP contribution in [0.3, 0.4) is 0 Å². The van der Waals surface area contributed by atoms with Crippen molar-refractivity contribution in [3.05, 3.63) is 12.4 Å². The number of imidazole rings is 1. The van der Waals surface area contributed by atoms with E-state index in [2.05, 4.69) is 10.3 Å². The number of hydrogen-bond donors (Lipinski definition) is 1. The zero-order valence-electron chi connectivity index (χ0n) is 9.33. The summed E-state index contributed by atoms with van der Waals surface area (Å²) in [4.78, 5) is 3.96. The molecule has 0 aliphatic carbocycles. The van der Waals surface area contributed by atoms with E-state index in [1.807, 2.05) is 6.92 Å². The molecular formula is C10H17F2N3O. The van der Waals surface area contributed by atoms with E-state index in [4.69, 9.17) is 4.74 Å². The average Bonchev–Trinajstić information content (AvgIpc) is 2.69. The van der Waals surface area contributed by atoms with Crippen molar-refractivity contribution in [2.45, 2.75) is 26.3 Å². The summed E-state index contributed by atoms with van der Waals surface area (Å²) in [5.74, 6) is 0.483. The molecule has 0 fully saturated rings. The Hall–Kier alpha value is -1.17. The van der Waals surface area contributed by atoms with Gasteiger partial charge in [0.05, 0.1) is 6.54 Å². The highest BCUT2D eigenvalue weighted by molar-refractivity contribution is 5.25. The van der Waals surface area contributed by atoms with E-state index in [-0.39, 0.29) is 6.54 Å². The van der Waals surface area contributed by atoms with Crippen LogP contribution in [0.1, 0.15) is 13.3 Å². The zero-order chi connectivity index (χ0) is 11.8. The highest BCUT2D eigenvalue weighted by atomic mass is 19.3. The first-order valence-corrected chi connectivity index (χ1v) is 5.35. The molecule has 1 N–H and O–H groups in total. The Morgan fingerprint density at radius 1 is 1.56 bits per heavy atom. The molecule has 0 radical (unpaired) electrons. The van der Waals surface area contributed by atoms with Crippen molar-refractivity contribution in [3.63, 3.8) is 0 Å². The lowest BCUT2D eigenvalue weighted by atomic mass is 10.4. The topological polar surface area (TPSA) is 39.1 Å². The SMILES string of the molecule is CCOCCCn1ccnc1NCC(F)F. The summed E-state index contributed by atoms with van der Waals surface area (Å²) in [5, 5.41) is 2.59. The number of ether oxygens (including phenoxy) is 1. The summed E-state index contributed by atoms with van der Waals surface area (Å²) < 4.78 is 31.0. The molecule has 1 aromatic heterocycles. The Kier molecular flexibility index (Phi) is 5.77. The Morgan fingerprint density at radius 3 is 3.06 bits per heavy atom. The summed E-state index contributed by atoms with van der Waals surface area (Å²) in [6, 6.07) is 0. The van der Waals surface area contributed by atoms with Gasteiger partial charge in [0.15, 0.2) is 0 Å². The van der Waals surface area contributed by atoms with Gasteiger partial charge in [0, 0.05) is 32.2 Å². The maximum Gasteiger partial charge on any atom is 0.255 e. The molecule has 1 rings (SSSR count). The van der Waals surface area contributed by atoms with E-state index in [1.54, 1.807) is 17.0 Å². The van der Waals surface area contributed by atoms with Crippen LogP contribution in [0.2, 0.25) is 0 Å². The van der Waals surface area contributed by atoms with Crippen LogP contribution in [0.4, 0.5) is 14.7 Å². The molecule has 16 heavy (non-hydrogen) atoms. The highest BCUT2D eigenvalue weighted by Gasteiger charge is 2.05. The van der Waals surface area contributed by atoms with E-state index >= 15 is 0 Å². The number of hydrogen-bond acceptors (Lipinski definition) is 3. The minimum absolute atomic E-state index is 0.373. The largest absolute Gasteiger partial charge is 0.382 e. The van der Waals surface area contributed by atoms with E-state index in [0.29, 0.717) is 25.7 Å². The maximum absolute atomic E-state index is 12.0. The number of nitrogens with zero attached hydrogens (tertiary/aromatic N) is 2. The van der Waals surface area contributed by atoms with Gasteiger partial charge < -0.3 is 14.6 Å². The van der Waals surface area contributed by atoms with Crippen molar-refractivity contribution in [1.82, 2.24) is 9.55 Å². The van der Waals surface area contributed by atoms with Crippen molar-refractivity contribution in [2.75, 3.05) is 25.1 Å². The quantitative estimate of drug-likeness (QED) is 0.698. The molecule has 0 aliphatic heterocycles. The van der Waals surface area contributed by atoms with Crippen LogP contribution in [0, 0.1) is 0 Å². The van der Waals surface area contributed by atoms with Crippen LogP contribution in [0.15, 0.2) is 12.4 Å². The van der Waals surface area contributed by atoms with Gasteiger partial charge in [0.2, 0.25) is 5.95 Å². The molecule has 0 atom stereocenters. The summed E-state index contributed by atoms with van der Waals surface area (Å²) >= 11 is 0. The first kappa shape index (κ1) is 12.9. The Morgan fingerprint density at radius 2 is 2.38 bits per heavy atom.